The van der Waals surface area contributed by atoms with Crippen LogP contribution in [0.25, 0.3) is 0 Å². The summed E-state index contributed by atoms with van der Waals surface area (Å²) < 4.78 is 33.9. The fourth-order valence-electron chi connectivity index (χ4n) is 3.33. The molecule has 3 aromatic carbocycles. The van der Waals surface area contributed by atoms with Gasteiger partial charge in [0, 0.05) is 13.0 Å². The second-order valence-electron chi connectivity index (χ2n) is 8.40. The van der Waals surface area contributed by atoms with Gasteiger partial charge in [-0.15, -0.1) is 4.52 Å². The summed E-state index contributed by atoms with van der Waals surface area (Å²) in [6.45, 7) is 2.29. The normalized spacial score (nSPS) is 12.2. The molecule has 3 aromatic rings. The molecular weight excluding hydrogens is 493 g/mol. The molecule has 37 heavy (non-hydrogen) atoms. The lowest BCUT2D eigenvalue weighted by Gasteiger charge is -2.13. The number of aliphatic hydroxyl groups excluding tert-OH is 1. The fourth-order valence-corrected chi connectivity index (χ4v) is 4.01. The van der Waals surface area contributed by atoms with Gasteiger partial charge in [0.25, 0.3) is 0 Å². The highest BCUT2D eigenvalue weighted by atomic mass is 31.1. The first-order valence-corrected chi connectivity index (χ1v) is 13.7. The van der Waals surface area contributed by atoms with Gasteiger partial charge < -0.3 is 29.7 Å². The second kappa shape index (κ2) is 16.7. The molecule has 2 unspecified atom stereocenters. The van der Waals surface area contributed by atoms with Crippen molar-refractivity contribution in [1.29, 1.82) is 0 Å². The number of rotatable bonds is 18. The molecule has 0 bridgehead atoms. The summed E-state index contributed by atoms with van der Waals surface area (Å²) >= 11 is 0. The first-order valence-electron chi connectivity index (χ1n) is 12.3. The van der Waals surface area contributed by atoms with Crippen molar-refractivity contribution in [2.75, 3.05) is 39.3 Å². The van der Waals surface area contributed by atoms with E-state index in [-0.39, 0.29) is 19.1 Å². The van der Waals surface area contributed by atoms with Gasteiger partial charge >= 0.3 is 8.03 Å². The third kappa shape index (κ3) is 12.2. The van der Waals surface area contributed by atoms with Crippen LogP contribution >= 0.6 is 8.03 Å². The van der Waals surface area contributed by atoms with E-state index in [1.807, 2.05) is 54.6 Å². The molecule has 0 saturated carbocycles. The van der Waals surface area contributed by atoms with E-state index in [0.29, 0.717) is 50.4 Å². The number of nitrogens with one attached hydrogen (secondary N) is 1. The van der Waals surface area contributed by atoms with E-state index in [1.165, 1.54) is 12.1 Å². The Morgan fingerprint density at radius 2 is 1.57 bits per heavy atom. The zero-order chi connectivity index (χ0) is 26.1. The molecule has 3 N–H and O–H groups in total. The number of hydrogen-bond acceptors (Lipinski definition) is 8. The lowest BCUT2D eigenvalue weighted by molar-refractivity contribution is 0.106. The molecule has 0 saturated heterocycles. The highest BCUT2D eigenvalue weighted by Gasteiger charge is 2.17. The van der Waals surface area contributed by atoms with Crippen molar-refractivity contribution in [2.45, 2.75) is 25.6 Å². The van der Waals surface area contributed by atoms with Crippen LogP contribution < -0.4 is 14.8 Å². The van der Waals surface area contributed by atoms with Gasteiger partial charge in [-0.2, -0.15) is 0 Å². The molecule has 0 aliphatic carbocycles. The van der Waals surface area contributed by atoms with Crippen molar-refractivity contribution in [3.63, 3.8) is 0 Å². The highest BCUT2D eigenvalue weighted by molar-refractivity contribution is 7.39. The number of phenolic OH excluding ortho intramolecular Hbond substituents is 1. The Labute approximate surface area is 219 Å². The Kier molecular flexibility index (Phi) is 12.9. The standard InChI is InChI=1S/C28H34NO7P/c30-25-9-13-27(14-10-25)34-21-26(31)19-29-16-15-23-7-11-28(12-8-23)35-22-36-37(32)18-4-17-33-20-24-5-2-1-3-6-24/h1-3,5-14,26,29,31H,4,15-22H2/p+1. The SMILES string of the molecule is O=[P+](CCCOCc1ccccc1)OCOc1ccc(CCNCC(O)COc2ccc(O)cc2)cc1. The summed E-state index contributed by atoms with van der Waals surface area (Å²) in [7, 11) is -1.79. The van der Waals surface area contributed by atoms with Crippen LogP contribution in [0.2, 0.25) is 0 Å². The van der Waals surface area contributed by atoms with Crippen molar-refractivity contribution >= 4 is 8.03 Å². The summed E-state index contributed by atoms with van der Waals surface area (Å²) in [4.78, 5) is 0. The largest absolute Gasteiger partial charge is 0.511 e. The van der Waals surface area contributed by atoms with E-state index in [9.17, 15) is 14.8 Å². The van der Waals surface area contributed by atoms with Crippen LogP contribution in [0.5, 0.6) is 17.2 Å². The monoisotopic (exact) mass is 528 g/mol. The Hall–Kier alpha value is -3.00. The van der Waals surface area contributed by atoms with E-state index in [4.69, 9.17) is 18.7 Å². The molecule has 0 amide bonds. The van der Waals surface area contributed by atoms with Crippen molar-refractivity contribution < 1.29 is 33.5 Å². The van der Waals surface area contributed by atoms with Crippen LogP contribution in [-0.2, 0) is 26.9 Å². The van der Waals surface area contributed by atoms with E-state index < -0.39 is 14.1 Å². The topological polar surface area (TPSA) is 106 Å². The smallest absolute Gasteiger partial charge is 0.508 e. The van der Waals surface area contributed by atoms with E-state index in [1.54, 1.807) is 12.1 Å². The molecule has 0 radical (unpaired) electrons. The molecule has 3 rings (SSSR count). The van der Waals surface area contributed by atoms with Gasteiger partial charge in [-0.05, 0) is 65.1 Å². The predicted molar refractivity (Wildman–Crippen MR) is 142 cm³/mol. The van der Waals surface area contributed by atoms with Crippen LogP contribution in [0.15, 0.2) is 78.9 Å². The van der Waals surface area contributed by atoms with Gasteiger partial charge in [0.2, 0.25) is 6.79 Å². The van der Waals surface area contributed by atoms with Gasteiger partial charge in [0.15, 0.2) is 6.16 Å². The summed E-state index contributed by atoms with van der Waals surface area (Å²) in [6.07, 6.45) is 1.24. The van der Waals surface area contributed by atoms with E-state index >= 15 is 0 Å². The zero-order valence-corrected chi connectivity index (χ0v) is 21.7. The lowest BCUT2D eigenvalue weighted by Crippen LogP contribution is -2.32. The minimum Gasteiger partial charge on any atom is -0.508 e. The lowest BCUT2D eigenvalue weighted by atomic mass is 10.1. The molecule has 0 fully saturated rings. The predicted octanol–water partition coefficient (Wildman–Crippen LogP) is 4.67. The minimum atomic E-state index is -1.79. The van der Waals surface area contributed by atoms with Crippen LogP contribution in [-0.4, -0.2) is 55.6 Å². The third-order valence-corrected chi connectivity index (χ3v) is 6.41. The first kappa shape index (κ1) is 28.6. The van der Waals surface area contributed by atoms with Crippen molar-refractivity contribution in [3.05, 3.63) is 90.0 Å². The van der Waals surface area contributed by atoms with Gasteiger partial charge in [-0.1, -0.05) is 42.5 Å². The van der Waals surface area contributed by atoms with Gasteiger partial charge in [-0.3, -0.25) is 0 Å². The van der Waals surface area contributed by atoms with Gasteiger partial charge in [0.1, 0.15) is 30.0 Å². The Morgan fingerprint density at radius 1 is 0.865 bits per heavy atom. The average Bonchev–Trinajstić information content (AvgIpc) is 2.92. The van der Waals surface area contributed by atoms with Crippen molar-refractivity contribution in [2.24, 2.45) is 0 Å². The van der Waals surface area contributed by atoms with Crippen molar-refractivity contribution in [1.82, 2.24) is 5.32 Å². The maximum atomic E-state index is 12.0. The van der Waals surface area contributed by atoms with Crippen LogP contribution in [0.3, 0.4) is 0 Å². The molecule has 0 aliphatic rings. The summed E-state index contributed by atoms with van der Waals surface area (Å²) in [6, 6.07) is 23.9. The molecule has 198 valence electrons. The summed E-state index contributed by atoms with van der Waals surface area (Å²) in [5.74, 6) is 1.42. The number of hydrogen-bond donors (Lipinski definition) is 3. The molecule has 9 heteroatoms. The van der Waals surface area contributed by atoms with Crippen LogP contribution in [0.1, 0.15) is 17.5 Å². The van der Waals surface area contributed by atoms with Crippen LogP contribution in [0.4, 0.5) is 0 Å². The molecule has 0 aliphatic heterocycles. The number of phenols is 1. The minimum absolute atomic E-state index is 0.0644. The number of aromatic hydroxyl groups is 1. The first-order chi connectivity index (χ1) is 18.1. The summed E-state index contributed by atoms with van der Waals surface area (Å²) in [5.41, 5.74) is 2.24. The molecular formula is C28H35NO7P+. The maximum absolute atomic E-state index is 12.0. The molecule has 8 nitrogen and oxygen atoms in total. The van der Waals surface area contributed by atoms with Gasteiger partial charge in [0.05, 0.1) is 13.2 Å². The zero-order valence-electron chi connectivity index (χ0n) is 20.8. The Morgan fingerprint density at radius 3 is 2.32 bits per heavy atom. The maximum Gasteiger partial charge on any atom is 0.511 e. The average molecular weight is 529 g/mol. The quantitative estimate of drug-likeness (QED) is 0.124. The number of aliphatic hydroxyl groups is 1. The van der Waals surface area contributed by atoms with Crippen LogP contribution in [0, 0.1) is 0 Å². The van der Waals surface area contributed by atoms with E-state index in [0.717, 1.165) is 17.5 Å². The Bertz CT molecular complexity index is 1030. The highest BCUT2D eigenvalue weighted by Crippen LogP contribution is 2.24. The summed E-state index contributed by atoms with van der Waals surface area (Å²) in [5, 5.41) is 22.5. The fraction of sp³-hybridized carbons (Fsp3) is 0.357. The molecule has 0 aromatic heterocycles. The molecule has 2 atom stereocenters. The van der Waals surface area contributed by atoms with E-state index in [2.05, 4.69) is 5.32 Å². The van der Waals surface area contributed by atoms with Gasteiger partial charge in [-0.25, -0.2) is 0 Å². The number of benzene rings is 3. The molecule has 0 heterocycles. The molecule has 0 spiro atoms. The second-order valence-corrected chi connectivity index (χ2v) is 9.77. The number of ether oxygens (including phenoxy) is 3. The third-order valence-electron chi connectivity index (χ3n) is 5.34. The Balaban J connectivity index is 1.19. The van der Waals surface area contributed by atoms with Crippen molar-refractivity contribution in [3.8, 4) is 17.2 Å².